The maximum absolute atomic E-state index is 7.61. The predicted octanol–water partition coefficient (Wildman–Crippen LogP) is 13.0. The number of aryl methyl sites for hydroxylation is 1. The van der Waals surface area contributed by atoms with Crippen LogP contribution < -0.4 is 26.4 Å². The third kappa shape index (κ3) is 5.73. The quantitative estimate of drug-likeness (QED) is 0.164. The average molecular weight is 757 g/mol. The second-order valence-corrected chi connectivity index (χ2v) is 22.9. The standard InChI is InChI=1S/C53H65BN2O/c1-32-28-41-44-42(29-32)56(36-21-22-37-38(31-36)51(10,11)25-24-50(37,8)9)45-43-46(53(14,15)27-26-52(43,12)13)57-47(45)54(44)39-30-34(49(5,6)7)18-23-40(39)55(41)35-19-16-33(17-20-35)48(2,3)4/h16-23,28-31H,24-27H2,1-15H3. The first-order valence-corrected chi connectivity index (χ1v) is 21.7. The van der Waals surface area contributed by atoms with E-state index in [0.29, 0.717) is 0 Å². The first-order chi connectivity index (χ1) is 26.4. The lowest BCUT2D eigenvalue weighted by molar-refractivity contribution is 0.282. The first kappa shape index (κ1) is 38.3. The van der Waals surface area contributed by atoms with Crippen molar-refractivity contribution in [1.29, 1.82) is 0 Å². The molecule has 0 spiro atoms. The van der Waals surface area contributed by atoms with Crippen LogP contribution in [-0.2, 0) is 32.5 Å². The van der Waals surface area contributed by atoms with Crippen molar-refractivity contribution in [3.63, 3.8) is 0 Å². The van der Waals surface area contributed by atoms with Crippen LogP contribution >= 0.6 is 0 Å². The lowest BCUT2D eigenvalue weighted by Gasteiger charge is -2.45. The van der Waals surface area contributed by atoms with E-state index in [1.165, 1.54) is 97.0 Å². The Labute approximate surface area is 344 Å². The lowest BCUT2D eigenvalue weighted by Crippen LogP contribution is -2.61. The van der Waals surface area contributed by atoms with E-state index in [2.05, 4.69) is 186 Å². The number of hydrogen-bond acceptors (Lipinski definition) is 3. The van der Waals surface area contributed by atoms with Crippen LogP contribution in [0.15, 0.2) is 77.2 Å². The smallest absolute Gasteiger partial charge is 0.297 e. The number of anilines is 6. The van der Waals surface area contributed by atoms with E-state index in [1.807, 2.05) is 0 Å². The number of benzene rings is 4. The minimum atomic E-state index is -0.0771. The van der Waals surface area contributed by atoms with Gasteiger partial charge < -0.3 is 14.2 Å². The molecule has 5 aromatic rings. The minimum absolute atomic E-state index is 0.00970. The van der Waals surface area contributed by atoms with Crippen molar-refractivity contribution in [1.82, 2.24) is 0 Å². The summed E-state index contributed by atoms with van der Waals surface area (Å²) in [6.45, 7) is 35.7. The number of fused-ring (bicyclic) bond motifs is 7. The molecule has 3 heterocycles. The third-order valence-corrected chi connectivity index (χ3v) is 14.6. The van der Waals surface area contributed by atoms with Crippen molar-refractivity contribution >= 4 is 57.4 Å². The minimum Gasteiger partial charge on any atom is -0.472 e. The predicted molar refractivity (Wildman–Crippen MR) is 245 cm³/mol. The molecule has 296 valence electrons. The van der Waals surface area contributed by atoms with Crippen molar-refractivity contribution in [2.45, 2.75) is 162 Å². The fourth-order valence-corrected chi connectivity index (χ4v) is 10.8. The van der Waals surface area contributed by atoms with Gasteiger partial charge in [-0.25, -0.2) is 0 Å². The van der Waals surface area contributed by atoms with E-state index >= 15 is 0 Å². The van der Waals surface area contributed by atoms with Crippen molar-refractivity contribution in [2.75, 3.05) is 9.80 Å². The molecule has 4 aromatic carbocycles. The van der Waals surface area contributed by atoms with Gasteiger partial charge in [0.15, 0.2) is 0 Å². The van der Waals surface area contributed by atoms with E-state index in [9.17, 15) is 0 Å². The van der Waals surface area contributed by atoms with E-state index in [1.54, 1.807) is 0 Å². The highest BCUT2D eigenvalue weighted by Crippen LogP contribution is 2.56. The van der Waals surface area contributed by atoms with Gasteiger partial charge >= 0.3 is 0 Å². The molecule has 3 nitrogen and oxygen atoms in total. The first-order valence-electron chi connectivity index (χ1n) is 21.7. The Balaban J connectivity index is 1.40. The Hall–Kier alpha value is -4.18. The Bertz CT molecular complexity index is 2460. The molecule has 0 radical (unpaired) electrons. The van der Waals surface area contributed by atoms with Gasteiger partial charge in [0.2, 0.25) is 0 Å². The van der Waals surface area contributed by atoms with Crippen LogP contribution in [0, 0.1) is 6.92 Å². The molecule has 4 heteroatoms. The summed E-state index contributed by atoms with van der Waals surface area (Å²) in [6.07, 6.45) is 4.61. The van der Waals surface area contributed by atoms with E-state index in [0.717, 1.165) is 18.5 Å². The molecule has 0 fully saturated rings. The topological polar surface area (TPSA) is 19.6 Å². The molecule has 0 unspecified atom stereocenters. The summed E-state index contributed by atoms with van der Waals surface area (Å²) in [5.74, 6) is 1.17. The Morgan fingerprint density at radius 3 is 1.72 bits per heavy atom. The van der Waals surface area contributed by atoms with E-state index < -0.39 is 0 Å². The summed E-state index contributed by atoms with van der Waals surface area (Å²) in [6, 6.07) is 29.0. The van der Waals surface area contributed by atoms with Crippen LogP contribution in [0.5, 0.6) is 0 Å². The molecular formula is C53H65BN2O. The fourth-order valence-electron chi connectivity index (χ4n) is 10.8. The molecule has 2 aliphatic heterocycles. The summed E-state index contributed by atoms with van der Waals surface area (Å²) in [5.41, 5.74) is 19.7. The van der Waals surface area contributed by atoms with E-state index in [-0.39, 0.29) is 39.2 Å². The zero-order valence-electron chi connectivity index (χ0n) is 37.6. The van der Waals surface area contributed by atoms with Crippen LogP contribution in [0.4, 0.5) is 34.1 Å². The van der Waals surface area contributed by atoms with Crippen molar-refractivity contribution < 1.29 is 4.42 Å². The molecule has 9 rings (SSSR count). The van der Waals surface area contributed by atoms with Gasteiger partial charge in [-0.2, -0.15) is 0 Å². The van der Waals surface area contributed by atoms with Crippen LogP contribution in [0.25, 0.3) is 0 Å². The third-order valence-electron chi connectivity index (χ3n) is 14.6. The maximum atomic E-state index is 7.61. The zero-order chi connectivity index (χ0) is 41.0. The maximum Gasteiger partial charge on any atom is 0.297 e. The van der Waals surface area contributed by atoms with Crippen molar-refractivity contribution in [3.8, 4) is 0 Å². The van der Waals surface area contributed by atoms with Crippen molar-refractivity contribution in [2.24, 2.45) is 0 Å². The normalized spacial score (nSPS) is 19.7. The van der Waals surface area contributed by atoms with Crippen molar-refractivity contribution in [3.05, 3.63) is 112 Å². The fraction of sp³-hybridized carbons (Fsp3) is 0.472. The second kappa shape index (κ2) is 12.0. The Kier molecular flexibility index (Phi) is 8.04. The van der Waals surface area contributed by atoms with Gasteiger partial charge in [-0.3, -0.25) is 0 Å². The highest BCUT2D eigenvalue weighted by molar-refractivity contribution is 6.99. The van der Waals surface area contributed by atoms with Gasteiger partial charge in [-0.05, 0) is 141 Å². The lowest BCUT2D eigenvalue weighted by atomic mass is 9.35. The number of rotatable bonds is 2. The molecular weight excluding hydrogens is 691 g/mol. The molecule has 0 bridgehead atoms. The molecule has 0 saturated heterocycles. The molecule has 4 aliphatic rings. The SMILES string of the molecule is Cc1cc2c3c(c1)N(c1ccc4c(c1)C(C)(C)CCC4(C)C)c1c(oc4c1C(C)(C)CCC4(C)C)B3c1cc(C(C)(C)C)ccc1N2c1ccc(C(C)(C)C)cc1. The molecule has 2 aliphatic carbocycles. The van der Waals surface area contributed by atoms with E-state index in [4.69, 9.17) is 4.42 Å². The molecule has 0 amide bonds. The molecule has 1 aromatic heterocycles. The van der Waals surface area contributed by atoms with Gasteiger partial charge in [0, 0.05) is 39.4 Å². The van der Waals surface area contributed by atoms with Gasteiger partial charge in [0.05, 0.1) is 11.3 Å². The number of furan rings is 1. The summed E-state index contributed by atoms with van der Waals surface area (Å²) < 4.78 is 7.61. The highest BCUT2D eigenvalue weighted by atomic mass is 16.3. The van der Waals surface area contributed by atoms with Crippen LogP contribution in [0.3, 0.4) is 0 Å². The molecule has 0 N–H and O–H groups in total. The number of nitrogens with zero attached hydrogens (tertiary/aromatic N) is 2. The van der Waals surface area contributed by atoms with Gasteiger partial charge in [-0.1, -0.05) is 127 Å². The summed E-state index contributed by atoms with van der Waals surface area (Å²) in [7, 11) is 0. The number of hydrogen-bond donors (Lipinski definition) is 0. The summed E-state index contributed by atoms with van der Waals surface area (Å²) in [4.78, 5) is 5.20. The molecule has 0 atom stereocenters. The zero-order valence-corrected chi connectivity index (χ0v) is 37.6. The van der Waals surface area contributed by atoms with Crippen LogP contribution in [0.1, 0.15) is 162 Å². The summed E-state index contributed by atoms with van der Waals surface area (Å²) in [5, 5.41) is 0. The Morgan fingerprint density at radius 2 is 1.09 bits per heavy atom. The van der Waals surface area contributed by atoms with Crippen LogP contribution in [0.2, 0.25) is 0 Å². The largest absolute Gasteiger partial charge is 0.472 e. The van der Waals surface area contributed by atoms with Gasteiger partial charge in [0.25, 0.3) is 6.71 Å². The van der Waals surface area contributed by atoms with Gasteiger partial charge in [0.1, 0.15) is 5.76 Å². The van der Waals surface area contributed by atoms with Gasteiger partial charge in [-0.15, -0.1) is 0 Å². The van der Waals surface area contributed by atoms with Crippen LogP contribution in [-0.4, -0.2) is 6.71 Å². The Morgan fingerprint density at radius 1 is 0.544 bits per heavy atom. The second-order valence-electron chi connectivity index (χ2n) is 22.9. The summed E-state index contributed by atoms with van der Waals surface area (Å²) >= 11 is 0. The average Bonchev–Trinajstić information content (AvgIpc) is 3.54. The highest BCUT2D eigenvalue weighted by Gasteiger charge is 2.52. The molecule has 0 saturated carbocycles. The monoisotopic (exact) mass is 757 g/mol. The molecule has 57 heavy (non-hydrogen) atoms.